The summed E-state index contributed by atoms with van der Waals surface area (Å²) in [6.07, 6.45) is -0.564. The largest absolute Gasteiger partial charge is 0.481 e. The fourth-order valence-electron chi connectivity index (χ4n) is 2.22. The molecular formula is C12H12F2O2. The average molecular weight is 226 g/mol. The van der Waals surface area contributed by atoms with Gasteiger partial charge in [-0.3, -0.25) is 4.79 Å². The maximum atomic E-state index is 13.3. The first kappa shape index (κ1) is 11.0. The van der Waals surface area contributed by atoms with Crippen LogP contribution in [-0.4, -0.2) is 17.0 Å². The Hall–Kier alpha value is -1.45. The topological polar surface area (TPSA) is 37.3 Å². The number of carboxylic acid groups (broad SMARTS) is 1. The lowest BCUT2D eigenvalue weighted by Gasteiger charge is -2.20. The summed E-state index contributed by atoms with van der Waals surface area (Å²) in [6, 6.07) is 8.59. The molecule has 16 heavy (non-hydrogen) atoms. The maximum Gasteiger partial charge on any atom is 0.316 e. The number of hydrogen-bond donors (Lipinski definition) is 1. The molecule has 0 heterocycles. The molecule has 2 unspecified atom stereocenters. The van der Waals surface area contributed by atoms with Crippen molar-refractivity contribution in [2.75, 3.05) is 0 Å². The van der Waals surface area contributed by atoms with Crippen LogP contribution >= 0.6 is 0 Å². The first-order valence-electron chi connectivity index (χ1n) is 5.08. The molecule has 1 aromatic rings. The molecular weight excluding hydrogens is 214 g/mol. The number of halogens is 2. The van der Waals surface area contributed by atoms with Gasteiger partial charge in [0.2, 0.25) is 0 Å². The predicted octanol–water partition coefficient (Wildman–Crippen LogP) is 2.90. The predicted molar refractivity (Wildman–Crippen MR) is 54.5 cm³/mol. The third-order valence-electron chi connectivity index (χ3n) is 3.45. The Labute approximate surface area is 91.9 Å². The second-order valence-corrected chi connectivity index (χ2v) is 4.29. The molecule has 0 radical (unpaired) electrons. The molecule has 2 nitrogen and oxygen atoms in total. The summed E-state index contributed by atoms with van der Waals surface area (Å²) in [5.41, 5.74) is -1.27. The van der Waals surface area contributed by atoms with Gasteiger partial charge in [0, 0.05) is 12.3 Å². The van der Waals surface area contributed by atoms with E-state index < -0.39 is 29.6 Å². The summed E-state index contributed by atoms with van der Waals surface area (Å²) >= 11 is 0. The SMILES string of the molecule is CC(c1ccccc1)C1(C(=O)O)CC1(F)F. The number of hydrogen-bond acceptors (Lipinski definition) is 1. The highest BCUT2D eigenvalue weighted by Gasteiger charge is 2.78. The smallest absolute Gasteiger partial charge is 0.316 e. The number of aliphatic carboxylic acids is 1. The third-order valence-corrected chi connectivity index (χ3v) is 3.45. The molecule has 2 rings (SSSR count). The standard InChI is InChI=1S/C12H12F2O2/c1-8(9-5-3-2-4-6-9)11(10(15)16)7-12(11,13)14/h2-6,8H,7H2,1H3,(H,15,16). The lowest BCUT2D eigenvalue weighted by atomic mass is 9.84. The van der Waals surface area contributed by atoms with Crippen LogP contribution < -0.4 is 0 Å². The lowest BCUT2D eigenvalue weighted by molar-refractivity contribution is -0.148. The molecule has 4 heteroatoms. The molecule has 1 fully saturated rings. The summed E-state index contributed by atoms with van der Waals surface area (Å²) < 4.78 is 26.5. The van der Waals surface area contributed by atoms with E-state index in [1.54, 1.807) is 37.3 Å². The van der Waals surface area contributed by atoms with Crippen LogP contribution in [-0.2, 0) is 4.79 Å². The van der Waals surface area contributed by atoms with Gasteiger partial charge in [-0.05, 0) is 5.56 Å². The van der Waals surface area contributed by atoms with Crippen molar-refractivity contribution < 1.29 is 18.7 Å². The Morgan fingerprint density at radius 2 is 1.88 bits per heavy atom. The molecule has 0 aromatic heterocycles. The minimum atomic E-state index is -3.09. The molecule has 2 atom stereocenters. The first-order chi connectivity index (χ1) is 7.42. The molecule has 0 aliphatic heterocycles. The Bertz CT molecular complexity index is 416. The van der Waals surface area contributed by atoms with Crippen LogP contribution in [0.25, 0.3) is 0 Å². The zero-order valence-electron chi connectivity index (χ0n) is 8.78. The number of carboxylic acids is 1. The fraction of sp³-hybridized carbons (Fsp3) is 0.417. The van der Waals surface area contributed by atoms with Gasteiger partial charge in [0.05, 0.1) is 0 Å². The van der Waals surface area contributed by atoms with Crippen LogP contribution in [0.4, 0.5) is 8.78 Å². The van der Waals surface area contributed by atoms with E-state index in [-0.39, 0.29) is 0 Å². The van der Waals surface area contributed by atoms with Crippen LogP contribution in [0.15, 0.2) is 30.3 Å². The normalized spacial score (nSPS) is 28.4. The van der Waals surface area contributed by atoms with Gasteiger partial charge in [-0.25, -0.2) is 8.78 Å². The highest BCUT2D eigenvalue weighted by atomic mass is 19.3. The average Bonchev–Trinajstić information content (AvgIpc) is 2.84. The van der Waals surface area contributed by atoms with Gasteiger partial charge in [0.25, 0.3) is 5.92 Å². The van der Waals surface area contributed by atoms with Crippen molar-refractivity contribution in [3.8, 4) is 0 Å². The van der Waals surface area contributed by atoms with E-state index in [0.717, 1.165) is 0 Å². The van der Waals surface area contributed by atoms with E-state index in [9.17, 15) is 13.6 Å². The highest BCUT2D eigenvalue weighted by Crippen LogP contribution is 2.67. The Kier molecular flexibility index (Phi) is 2.26. The van der Waals surface area contributed by atoms with Crippen LogP contribution in [0, 0.1) is 5.41 Å². The minimum absolute atomic E-state index is 0.564. The molecule has 0 bridgehead atoms. The van der Waals surface area contributed by atoms with Crippen molar-refractivity contribution in [3.05, 3.63) is 35.9 Å². The van der Waals surface area contributed by atoms with Crippen molar-refractivity contribution in [2.24, 2.45) is 5.41 Å². The van der Waals surface area contributed by atoms with E-state index in [1.165, 1.54) is 0 Å². The van der Waals surface area contributed by atoms with Crippen molar-refractivity contribution in [1.29, 1.82) is 0 Å². The van der Waals surface area contributed by atoms with Crippen molar-refractivity contribution >= 4 is 5.97 Å². The Balaban J connectivity index is 2.35. The quantitative estimate of drug-likeness (QED) is 0.860. The summed E-state index contributed by atoms with van der Waals surface area (Å²) in [5.74, 6) is -5.18. The highest BCUT2D eigenvalue weighted by molar-refractivity contribution is 5.82. The number of alkyl halides is 2. The van der Waals surface area contributed by atoms with Crippen LogP contribution in [0.3, 0.4) is 0 Å². The molecule has 0 saturated heterocycles. The molecule has 1 saturated carbocycles. The van der Waals surface area contributed by atoms with E-state index in [2.05, 4.69) is 0 Å². The van der Waals surface area contributed by atoms with Gasteiger partial charge < -0.3 is 5.11 Å². The van der Waals surface area contributed by atoms with Crippen LogP contribution in [0.5, 0.6) is 0 Å². The fourth-order valence-corrected chi connectivity index (χ4v) is 2.22. The minimum Gasteiger partial charge on any atom is -0.481 e. The Morgan fingerprint density at radius 1 is 1.38 bits per heavy atom. The van der Waals surface area contributed by atoms with Crippen molar-refractivity contribution in [1.82, 2.24) is 0 Å². The van der Waals surface area contributed by atoms with Gasteiger partial charge in [0.1, 0.15) is 5.41 Å². The maximum absolute atomic E-state index is 13.3. The van der Waals surface area contributed by atoms with E-state index >= 15 is 0 Å². The Morgan fingerprint density at radius 3 is 2.25 bits per heavy atom. The summed E-state index contributed by atoms with van der Waals surface area (Å²) in [6.45, 7) is 1.55. The van der Waals surface area contributed by atoms with Crippen LogP contribution in [0.2, 0.25) is 0 Å². The second kappa shape index (κ2) is 3.27. The van der Waals surface area contributed by atoms with Gasteiger partial charge in [-0.1, -0.05) is 37.3 Å². The van der Waals surface area contributed by atoms with Crippen molar-refractivity contribution in [2.45, 2.75) is 25.2 Å². The number of benzene rings is 1. The lowest BCUT2D eigenvalue weighted by Crippen LogP contribution is -2.28. The molecule has 1 aromatic carbocycles. The first-order valence-corrected chi connectivity index (χ1v) is 5.08. The number of rotatable bonds is 3. The van der Waals surface area contributed by atoms with Gasteiger partial charge in [-0.15, -0.1) is 0 Å². The van der Waals surface area contributed by atoms with Gasteiger partial charge in [-0.2, -0.15) is 0 Å². The van der Waals surface area contributed by atoms with E-state index in [1.807, 2.05) is 0 Å². The van der Waals surface area contributed by atoms with Crippen LogP contribution in [0.1, 0.15) is 24.8 Å². The molecule has 0 amide bonds. The summed E-state index contributed by atoms with van der Waals surface area (Å²) in [4.78, 5) is 11.0. The van der Waals surface area contributed by atoms with E-state index in [0.29, 0.717) is 5.56 Å². The number of carbonyl (C=O) groups is 1. The molecule has 86 valence electrons. The van der Waals surface area contributed by atoms with Gasteiger partial charge in [0.15, 0.2) is 0 Å². The van der Waals surface area contributed by atoms with Crippen molar-refractivity contribution in [3.63, 3.8) is 0 Å². The second-order valence-electron chi connectivity index (χ2n) is 4.29. The molecule has 1 aliphatic carbocycles. The molecule has 1 N–H and O–H groups in total. The molecule has 0 spiro atoms. The van der Waals surface area contributed by atoms with E-state index in [4.69, 9.17) is 5.11 Å². The summed E-state index contributed by atoms with van der Waals surface area (Å²) in [7, 11) is 0. The summed E-state index contributed by atoms with van der Waals surface area (Å²) in [5, 5.41) is 8.99. The third kappa shape index (κ3) is 1.32. The zero-order valence-corrected chi connectivity index (χ0v) is 8.78. The zero-order chi connectivity index (χ0) is 12.0. The monoisotopic (exact) mass is 226 g/mol. The molecule has 1 aliphatic rings. The van der Waals surface area contributed by atoms with Gasteiger partial charge >= 0.3 is 5.97 Å².